The molecule has 25 heavy (non-hydrogen) atoms. The molecule has 130 valence electrons. The van der Waals surface area contributed by atoms with Crippen molar-refractivity contribution in [3.05, 3.63) is 63.6 Å². The number of hydrogen-bond donors (Lipinski definition) is 2. The number of nitrogens with one attached hydrogen (secondary N) is 1. The predicted molar refractivity (Wildman–Crippen MR) is 97.5 cm³/mol. The lowest BCUT2D eigenvalue weighted by Crippen LogP contribution is -2.41. The lowest BCUT2D eigenvalue weighted by molar-refractivity contribution is -0.121. The molecule has 2 aromatic carbocycles. The molecule has 0 spiro atoms. The predicted octanol–water partition coefficient (Wildman–Crippen LogP) is 4.28. The van der Waals surface area contributed by atoms with Crippen molar-refractivity contribution in [1.82, 2.24) is 5.32 Å². The van der Waals surface area contributed by atoms with Gasteiger partial charge in [0.1, 0.15) is 0 Å². The van der Waals surface area contributed by atoms with Crippen LogP contribution in [0.15, 0.2) is 42.5 Å². The van der Waals surface area contributed by atoms with E-state index in [0.29, 0.717) is 27.7 Å². The molecular weight excluding hydrogens is 363 g/mol. The maximum absolute atomic E-state index is 12.4. The van der Waals surface area contributed by atoms with E-state index in [1.165, 1.54) is 4.90 Å². The van der Waals surface area contributed by atoms with E-state index >= 15 is 0 Å². The Morgan fingerprint density at radius 3 is 2.60 bits per heavy atom. The summed E-state index contributed by atoms with van der Waals surface area (Å²) >= 11 is 12.3. The number of benzene rings is 2. The zero-order valence-electron chi connectivity index (χ0n) is 13.2. The monoisotopic (exact) mass is 378 g/mol. The normalized spacial score (nSPS) is 16.2. The van der Waals surface area contributed by atoms with E-state index in [0.717, 1.165) is 5.56 Å². The van der Waals surface area contributed by atoms with E-state index in [2.05, 4.69) is 5.32 Å². The first-order valence-electron chi connectivity index (χ1n) is 7.78. The Labute approximate surface area is 155 Å². The summed E-state index contributed by atoms with van der Waals surface area (Å²) in [5.74, 6) is -0.142. The first-order valence-corrected chi connectivity index (χ1v) is 8.54. The van der Waals surface area contributed by atoms with Gasteiger partial charge in [-0.25, -0.2) is 4.79 Å². The average Bonchev–Trinajstić information content (AvgIpc) is 2.54. The number of fused-ring (bicyclic) bond motifs is 1. The Bertz CT molecular complexity index is 811. The Morgan fingerprint density at radius 1 is 1.20 bits per heavy atom. The number of hydrogen-bond acceptors (Lipinski definition) is 2. The van der Waals surface area contributed by atoms with Gasteiger partial charge in [0.25, 0.3) is 0 Å². The van der Waals surface area contributed by atoms with Gasteiger partial charge in [-0.15, -0.1) is 0 Å². The third-order valence-corrected chi connectivity index (χ3v) is 4.66. The van der Waals surface area contributed by atoms with Gasteiger partial charge in [-0.2, -0.15) is 0 Å². The van der Waals surface area contributed by atoms with Gasteiger partial charge >= 0.3 is 6.09 Å². The number of carbonyl (C=O) groups is 2. The molecule has 1 unspecified atom stereocenters. The van der Waals surface area contributed by atoms with Crippen LogP contribution in [0.4, 0.5) is 10.5 Å². The van der Waals surface area contributed by atoms with Gasteiger partial charge in [0.15, 0.2) is 0 Å². The summed E-state index contributed by atoms with van der Waals surface area (Å²) in [6.45, 7) is 0.259. The van der Waals surface area contributed by atoms with Crippen molar-refractivity contribution in [2.45, 2.75) is 18.9 Å². The molecule has 0 saturated carbocycles. The van der Waals surface area contributed by atoms with Crippen LogP contribution in [-0.4, -0.2) is 23.7 Å². The molecule has 0 bridgehead atoms. The van der Waals surface area contributed by atoms with E-state index < -0.39 is 6.09 Å². The summed E-state index contributed by atoms with van der Waals surface area (Å²) in [4.78, 5) is 25.0. The van der Waals surface area contributed by atoms with Gasteiger partial charge in [-0.3, -0.25) is 9.69 Å². The molecule has 0 fully saturated rings. The van der Waals surface area contributed by atoms with Crippen LogP contribution in [0.2, 0.25) is 10.0 Å². The molecule has 1 atom stereocenters. The summed E-state index contributed by atoms with van der Waals surface area (Å²) in [5.41, 5.74) is 1.91. The van der Waals surface area contributed by atoms with E-state index in [-0.39, 0.29) is 24.9 Å². The number of carbonyl (C=O) groups excluding carboxylic acids is 1. The van der Waals surface area contributed by atoms with Crippen LogP contribution in [0.1, 0.15) is 23.6 Å². The Kier molecular flexibility index (Phi) is 5.16. The van der Waals surface area contributed by atoms with E-state index in [4.69, 9.17) is 23.2 Å². The second kappa shape index (κ2) is 7.33. The third kappa shape index (κ3) is 3.89. The topological polar surface area (TPSA) is 69.6 Å². The lowest BCUT2D eigenvalue weighted by Gasteiger charge is -2.34. The fourth-order valence-electron chi connectivity index (χ4n) is 3.03. The SMILES string of the molecule is O=C(Cc1ccccc1)NC1CCN(C(=O)O)c2cc(Cl)cc(Cl)c21. The van der Waals surface area contributed by atoms with Crippen molar-refractivity contribution < 1.29 is 14.7 Å². The first kappa shape index (κ1) is 17.6. The van der Waals surface area contributed by atoms with Crippen LogP contribution in [-0.2, 0) is 11.2 Å². The largest absolute Gasteiger partial charge is 0.465 e. The highest BCUT2D eigenvalue weighted by molar-refractivity contribution is 6.36. The fraction of sp³-hybridized carbons (Fsp3) is 0.222. The highest BCUT2D eigenvalue weighted by Crippen LogP contribution is 2.40. The maximum atomic E-state index is 12.4. The van der Waals surface area contributed by atoms with Gasteiger partial charge in [0.05, 0.1) is 18.2 Å². The first-order chi connectivity index (χ1) is 12.0. The number of anilines is 1. The van der Waals surface area contributed by atoms with Gasteiger partial charge in [-0.05, 0) is 24.1 Å². The van der Waals surface area contributed by atoms with E-state index in [1.54, 1.807) is 12.1 Å². The summed E-state index contributed by atoms with van der Waals surface area (Å²) in [6, 6.07) is 12.2. The zero-order valence-corrected chi connectivity index (χ0v) is 14.7. The molecule has 2 amide bonds. The molecule has 1 heterocycles. The summed E-state index contributed by atoms with van der Waals surface area (Å²) in [6.07, 6.45) is -0.379. The quantitative estimate of drug-likeness (QED) is 0.836. The minimum absolute atomic E-state index is 0.142. The molecule has 5 nitrogen and oxygen atoms in total. The molecule has 1 aliphatic heterocycles. The van der Waals surface area contributed by atoms with Crippen molar-refractivity contribution in [3.63, 3.8) is 0 Å². The standard InChI is InChI=1S/C18H16Cl2N2O3/c19-12-9-13(20)17-14(6-7-22(18(24)25)15(17)10-12)21-16(23)8-11-4-2-1-3-5-11/h1-5,9-10,14H,6-8H2,(H,21,23)(H,24,25). The summed E-state index contributed by atoms with van der Waals surface area (Å²) in [7, 11) is 0. The fourth-order valence-corrected chi connectivity index (χ4v) is 3.65. The number of amides is 2. The van der Waals surface area contributed by atoms with Crippen LogP contribution in [0.3, 0.4) is 0 Å². The molecule has 2 aromatic rings. The van der Waals surface area contributed by atoms with Gasteiger partial charge < -0.3 is 10.4 Å². The van der Waals surface area contributed by atoms with Crippen LogP contribution in [0.5, 0.6) is 0 Å². The van der Waals surface area contributed by atoms with Crippen molar-refractivity contribution in [2.75, 3.05) is 11.4 Å². The Balaban J connectivity index is 1.85. The highest BCUT2D eigenvalue weighted by atomic mass is 35.5. The van der Waals surface area contributed by atoms with Crippen LogP contribution in [0.25, 0.3) is 0 Å². The zero-order chi connectivity index (χ0) is 18.0. The molecule has 0 aliphatic carbocycles. The number of rotatable bonds is 3. The Morgan fingerprint density at radius 2 is 1.92 bits per heavy atom. The molecule has 1 aliphatic rings. The highest BCUT2D eigenvalue weighted by Gasteiger charge is 2.31. The minimum Gasteiger partial charge on any atom is -0.465 e. The van der Waals surface area contributed by atoms with Crippen LogP contribution in [0, 0.1) is 0 Å². The second-order valence-corrected chi connectivity index (χ2v) is 6.67. The molecule has 0 saturated heterocycles. The van der Waals surface area contributed by atoms with Crippen LogP contribution < -0.4 is 10.2 Å². The third-order valence-electron chi connectivity index (χ3n) is 4.13. The van der Waals surface area contributed by atoms with Crippen molar-refractivity contribution in [2.24, 2.45) is 0 Å². The molecule has 0 aromatic heterocycles. The number of nitrogens with zero attached hydrogens (tertiary/aromatic N) is 1. The van der Waals surface area contributed by atoms with Crippen LogP contribution >= 0.6 is 23.2 Å². The summed E-state index contributed by atoms with van der Waals surface area (Å²) in [5, 5.41) is 13.0. The average molecular weight is 379 g/mol. The van der Waals surface area contributed by atoms with Crippen molar-refractivity contribution >= 4 is 40.9 Å². The van der Waals surface area contributed by atoms with E-state index in [9.17, 15) is 14.7 Å². The van der Waals surface area contributed by atoms with Crippen molar-refractivity contribution in [3.8, 4) is 0 Å². The van der Waals surface area contributed by atoms with Crippen molar-refractivity contribution in [1.29, 1.82) is 0 Å². The number of halogens is 2. The molecule has 3 rings (SSSR count). The number of carboxylic acid groups (broad SMARTS) is 1. The molecule has 2 N–H and O–H groups in total. The molecule has 7 heteroatoms. The second-order valence-electron chi connectivity index (χ2n) is 5.83. The van der Waals surface area contributed by atoms with Gasteiger partial charge in [0, 0.05) is 22.2 Å². The summed E-state index contributed by atoms with van der Waals surface area (Å²) < 4.78 is 0. The minimum atomic E-state index is -1.08. The molecule has 0 radical (unpaired) electrons. The smallest absolute Gasteiger partial charge is 0.411 e. The Hall–Kier alpha value is -2.24. The van der Waals surface area contributed by atoms with E-state index in [1.807, 2.05) is 30.3 Å². The van der Waals surface area contributed by atoms with Gasteiger partial charge in [0.2, 0.25) is 5.91 Å². The maximum Gasteiger partial charge on any atom is 0.411 e. The van der Waals surface area contributed by atoms with Gasteiger partial charge in [-0.1, -0.05) is 53.5 Å². The lowest BCUT2D eigenvalue weighted by atomic mass is 9.96. The molecular formula is C18H16Cl2N2O3.